The van der Waals surface area contributed by atoms with Gasteiger partial charge in [-0.25, -0.2) is 9.78 Å². The number of piperidine rings is 1. The van der Waals surface area contributed by atoms with Gasteiger partial charge in [0.15, 0.2) is 11.7 Å². The number of carbonyl (C=O) groups is 3. The summed E-state index contributed by atoms with van der Waals surface area (Å²) in [5, 5.41) is 2.78. The number of hydrogen-bond acceptors (Lipinski definition) is 6. The number of primary amides is 1. The van der Waals surface area contributed by atoms with Crippen LogP contribution >= 0.6 is 11.3 Å². The van der Waals surface area contributed by atoms with Crippen LogP contribution in [0.1, 0.15) is 29.8 Å². The van der Waals surface area contributed by atoms with Crippen LogP contribution in [0.3, 0.4) is 0 Å². The van der Waals surface area contributed by atoms with Gasteiger partial charge in [0, 0.05) is 48.0 Å². The summed E-state index contributed by atoms with van der Waals surface area (Å²) in [6, 6.07) is 1.97. The van der Waals surface area contributed by atoms with Gasteiger partial charge in [0.05, 0.1) is 0 Å². The molecular formula is C20H24N4O4S. The highest BCUT2D eigenvalue weighted by atomic mass is 32.1. The summed E-state index contributed by atoms with van der Waals surface area (Å²) >= 11 is 1.54. The molecule has 2 aromatic rings. The molecule has 0 atom stereocenters. The van der Waals surface area contributed by atoms with Crippen molar-refractivity contribution in [3.63, 3.8) is 0 Å². The number of amides is 2. The molecule has 9 heteroatoms. The van der Waals surface area contributed by atoms with E-state index in [0.717, 1.165) is 22.1 Å². The molecule has 0 radical (unpaired) electrons. The van der Waals surface area contributed by atoms with Gasteiger partial charge in [-0.1, -0.05) is 0 Å². The molecule has 1 aliphatic rings. The van der Waals surface area contributed by atoms with Crippen molar-refractivity contribution in [3.8, 4) is 5.13 Å². The van der Waals surface area contributed by atoms with Crippen molar-refractivity contribution in [3.05, 3.63) is 40.7 Å². The highest BCUT2D eigenvalue weighted by molar-refractivity contribution is 7.12. The number of esters is 1. The van der Waals surface area contributed by atoms with Crippen LogP contribution < -0.4 is 5.73 Å². The summed E-state index contributed by atoms with van der Waals surface area (Å²) in [4.78, 5) is 41.3. The van der Waals surface area contributed by atoms with E-state index in [9.17, 15) is 14.4 Å². The zero-order valence-corrected chi connectivity index (χ0v) is 17.3. The standard InChI is InChI=1S/C20H24N4O4S/c1-13-11-16(14(2)24(13)20-22-7-10-29-20)3-4-18(26)28-12-17(25)23-8-5-15(6-9-23)19(21)27/h3-4,7,10-11,15H,5-6,8-9,12H2,1-2H3,(H2,21,27)/b4-3+. The smallest absolute Gasteiger partial charge is 0.331 e. The fraction of sp³-hybridized carbons (Fsp3) is 0.400. The Kier molecular flexibility index (Phi) is 6.48. The lowest BCUT2D eigenvalue weighted by Crippen LogP contribution is -2.43. The molecule has 154 valence electrons. The molecule has 0 unspecified atom stereocenters. The summed E-state index contributed by atoms with van der Waals surface area (Å²) in [6.07, 6.45) is 5.84. The van der Waals surface area contributed by atoms with Crippen molar-refractivity contribution >= 4 is 35.2 Å². The molecule has 0 aromatic carbocycles. The number of thiazole rings is 1. The molecule has 1 aliphatic heterocycles. The van der Waals surface area contributed by atoms with E-state index < -0.39 is 5.97 Å². The van der Waals surface area contributed by atoms with Crippen LogP contribution in [-0.2, 0) is 19.1 Å². The van der Waals surface area contributed by atoms with Crippen LogP contribution in [0.2, 0.25) is 0 Å². The first kappa shape index (κ1) is 20.8. The van der Waals surface area contributed by atoms with Gasteiger partial charge in [-0.2, -0.15) is 0 Å². The molecule has 2 aromatic heterocycles. The van der Waals surface area contributed by atoms with Gasteiger partial charge >= 0.3 is 5.97 Å². The normalized spacial score (nSPS) is 15.0. The highest BCUT2D eigenvalue weighted by Crippen LogP contribution is 2.23. The number of aryl methyl sites for hydroxylation is 1. The average molecular weight is 417 g/mol. The minimum absolute atomic E-state index is 0.187. The Labute approximate surface area is 173 Å². The van der Waals surface area contributed by atoms with Crippen molar-refractivity contribution in [2.45, 2.75) is 26.7 Å². The molecule has 0 spiro atoms. The van der Waals surface area contributed by atoms with Gasteiger partial charge in [0.25, 0.3) is 5.91 Å². The molecule has 2 amide bonds. The second kappa shape index (κ2) is 9.04. The third-order valence-corrected chi connectivity index (χ3v) is 5.82. The molecule has 2 N–H and O–H groups in total. The van der Waals surface area contributed by atoms with E-state index in [4.69, 9.17) is 10.5 Å². The molecule has 0 saturated carbocycles. The minimum atomic E-state index is -0.579. The number of hydrogen-bond donors (Lipinski definition) is 1. The average Bonchev–Trinajstić information content (AvgIpc) is 3.32. The van der Waals surface area contributed by atoms with E-state index in [-0.39, 0.29) is 24.3 Å². The van der Waals surface area contributed by atoms with E-state index in [0.29, 0.717) is 25.9 Å². The van der Waals surface area contributed by atoms with Crippen LogP contribution in [0.4, 0.5) is 0 Å². The Balaban J connectivity index is 1.52. The Morgan fingerprint density at radius 2 is 2.03 bits per heavy atom. The summed E-state index contributed by atoms with van der Waals surface area (Å²) in [5.41, 5.74) is 8.16. The molecule has 3 heterocycles. The number of rotatable bonds is 6. The number of likely N-dealkylation sites (tertiary alicyclic amines) is 1. The number of aromatic nitrogens is 2. The van der Waals surface area contributed by atoms with Crippen molar-refractivity contribution in [1.82, 2.24) is 14.5 Å². The fourth-order valence-corrected chi connectivity index (χ4v) is 4.17. The minimum Gasteiger partial charge on any atom is -0.452 e. The van der Waals surface area contributed by atoms with E-state index in [1.807, 2.05) is 29.9 Å². The summed E-state index contributed by atoms with van der Waals surface area (Å²) in [5.74, 6) is -1.36. The van der Waals surface area contributed by atoms with Crippen molar-refractivity contribution in [2.75, 3.05) is 19.7 Å². The second-order valence-electron chi connectivity index (χ2n) is 6.98. The van der Waals surface area contributed by atoms with E-state index in [2.05, 4.69) is 4.98 Å². The number of carbonyl (C=O) groups excluding carboxylic acids is 3. The first-order valence-electron chi connectivity index (χ1n) is 9.37. The lowest BCUT2D eigenvalue weighted by atomic mass is 9.96. The SMILES string of the molecule is Cc1cc(/C=C/C(=O)OCC(=O)N2CCC(C(N)=O)CC2)c(C)n1-c1nccs1. The van der Waals surface area contributed by atoms with Gasteiger partial charge in [-0.05, 0) is 44.4 Å². The van der Waals surface area contributed by atoms with Gasteiger partial charge in [0.2, 0.25) is 5.91 Å². The Bertz CT molecular complexity index is 925. The maximum atomic E-state index is 12.2. The predicted octanol–water partition coefficient (Wildman–Crippen LogP) is 1.83. The van der Waals surface area contributed by atoms with Crippen LogP contribution in [-0.4, -0.2) is 51.9 Å². The van der Waals surface area contributed by atoms with Crippen LogP contribution in [0.5, 0.6) is 0 Å². The molecule has 0 bridgehead atoms. The maximum Gasteiger partial charge on any atom is 0.331 e. The Morgan fingerprint density at radius 3 is 2.66 bits per heavy atom. The number of ether oxygens (including phenoxy) is 1. The van der Waals surface area contributed by atoms with Gasteiger partial charge in [-0.15, -0.1) is 11.3 Å². The van der Waals surface area contributed by atoms with Crippen LogP contribution in [0.15, 0.2) is 23.7 Å². The highest BCUT2D eigenvalue weighted by Gasteiger charge is 2.26. The molecule has 3 rings (SSSR count). The molecule has 0 aliphatic carbocycles. The monoisotopic (exact) mass is 416 g/mol. The summed E-state index contributed by atoms with van der Waals surface area (Å²) < 4.78 is 7.10. The maximum absolute atomic E-state index is 12.2. The van der Waals surface area contributed by atoms with E-state index >= 15 is 0 Å². The van der Waals surface area contributed by atoms with Crippen molar-refractivity contribution < 1.29 is 19.1 Å². The Morgan fingerprint density at radius 1 is 1.31 bits per heavy atom. The molecule has 29 heavy (non-hydrogen) atoms. The first-order valence-corrected chi connectivity index (χ1v) is 10.3. The van der Waals surface area contributed by atoms with Crippen LogP contribution in [0.25, 0.3) is 11.2 Å². The quantitative estimate of drug-likeness (QED) is 0.571. The first-order chi connectivity index (χ1) is 13.9. The van der Waals surface area contributed by atoms with Crippen LogP contribution in [0, 0.1) is 19.8 Å². The third kappa shape index (κ3) is 4.92. The summed E-state index contributed by atoms with van der Waals surface area (Å²) in [6.45, 7) is 4.51. The van der Waals surface area contributed by atoms with E-state index in [1.165, 1.54) is 17.4 Å². The molecule has 1 saturated heterocycles. The fourth-order valence-electron chi connectivity index (χ4n) is 3.42. The summed E-state index contributed by atoms with van der Waals surface area (Å²) in [7, 11) is 0. The largest absolute Gasteiger partial charge is 0.452 e. The lowest BCUT2D eigenvalue weighted by Gasteiger charge is -2.30. The zero-order valence-electron chi connectivity index (χ0n) is 16.5. The topological polar surface area (TPSA) is 108 Å². The lowest BCUT2D eigenvalue weighted by molar-refractivity contribution is -0.149. The molecule has 8 nitrogen and oxygen atoms in total. The number of nitrogens with two attached hydrogens (primary N) is 1. The Hall–Kier alpha value is -2.94. The molecular weight excluding hydrogens is 392 g/mol. The predicted molar refractivity (Wildman–Crippen MR) is 109 cm³/mol. The van der Waals surface area contributed by atoms with Gasteiger partial charge in [0.1, 0.15) is 0 Å². The second-order valence-corrected chi connectivity index (χ2v) is 7.85. The zero-order chi connectivity index (χ0) is 21.0. The van der Waals surface area contributed by atoms with Crippen molar-refractivity contribution in [2.24, 2.45) is 11.7 Å². The molecule has 1 fully saturated rings. The van der Waals surface area contributed by atoms with Gasteiger partial charge in [-0.3, -0.25) is 14.2 Å². The van der Waals surface area contributed by atoms with Gasteiger partial charge < -0.3 is 15.4 Å². The number of nitrogens with zero attached hydrogens (tertiary/aromatic N) is 3. The van der Waals surface area contributed by atoms with E-state index in [1.54, 1.807) is 17.2 Å². The van der Waals surface area contributed by atoms with Crippen molar-refractivity contribution in [1.29, 1.82) is 0 Å². The third-order valence-electron chi connectivity index (χ3n) is 5.07.